The molecule has 33 heavy (non-hydrogen) atoms. The minimum absolute atomic E-state index is 0.0141. The Labute approximate surface area is 198 Å². The number of aryl methyl sites for hydroxylation is 1. The number of hydrogen-bond acceptors (Lipinski definition) is 3. The predicted octanol–water partition coefficient (Wildman–Crippen LogP) is 8.18. The number of carbonyl (C=O) groups is 1. The highest BCUT2D eigenvalue weighted by Gasteiger charge is 2.11. The minimum Gasteiger partial charge on any atom is -0.423 e. The summed E-state index contributed by atoms with van der Waals surface area (Å²) >= 11 is 0. The maximum atomic E-state index is 12.6. The van der Waals surface area contributed by atoms with Gasteiger partial charge in [0, 0.05) is 6.61 Å². The Hall–Kier alpha value is -2.91. The maximum Gasteiger partial charge on any atom is 0.343 e. The molecule has 0 bridgehead atoms. The fourth-order valence-electron chi connectivity index (χ4n) is 3.81. The summed E-state index contributed by atoms with van der Waals surface area (Å²) in [6.07, 6.45) is 7.04. The largest absolute Gasteiger partial charge is 0.423 e. The summed E-state index contributed by atoms with van der Waals surface area (Å²) in [5.74, 6) is 0.186. The van der Waals surface area contributed by atoms with E-state index in [-0.39, 0.29) is 12.1 Å². The first-order valence-corrected chi connectivity index (χ1v) is 12.2. The van der Waals surface area contributed by atoms with E-state index >= 15 is 0 Å². The summed E-state index contributed by atoms with van der Waals surface area (Å²) in [6.45, 7) is 7.21. The van der Waals surface area contributed by atoms with Crippen LogP contribution in [0.5, 0.6) is 5.75 Å². The number of benzene rings is 3. The molecule has 0 fully saturated rings. The first-order chi connectivity index (χ1) is 16.1. The summed E-state index contributed by atoms with van der Waals surface area (Å²) in [5.41, 5.74) is 5.21. The lowest BCUT2D eigenvalue weighted by molar-refractivity contribution is 0.0626. The molecule has 3 rings (SSSR count). The second kappa shape index (κ2) is 13.0. The Morgan fingerprint density at radius 3 is 2.00 bits per heavy atom. The minimum atomic E-state index is -0.355. The van der Waals surface area contributed by atoms with Gasteiger partial charge in [0.1, 0.15) is 5.75 Å². The van der Waals surface area contributed by atoms with Crippen LogP contribution in [0, 0.1) is 0 Å². The molecule has 3 nitrogen and oxygen atoms in total. The zero-order chi connectivity index (χ0) is 23.5. The lowest BCUT2D eigenvalue weighted by Gasteiger charge is -2.14. The zero-order valence-electron chi connectivity index (χ0n) is 20.2. The van der Waals surface area contributed by atoms with Crippen molar-refractivity contribution in [2.24, 2.45) is 0 Å². The molecule has 0 spiro atoms. The van der Waals surface area contributed by atoms with Crippen LogP contribution in [-0.4, -0.2) is 12.6 Å². The normalized spacial score (nSPS) is 11.8. The van der Waals surface area contributed by atoms with Gasteiger partial charge in [0.2, 0.25) is 0 Å². The highest BCUT2D eigenvalue weighted by atomic mass is 16.5. The number of carbonyl (C=O) groups excluding carboxylic acids is 1. The van der Waals surface area contributed by atoms with Crippen LogP contribution in [0.25, 0.3) is 11.1 Å². The van der Waals surface area contributed by atoms with Gasteiger partial charge in [-0.3, -0.25) is 0 Å². The summed E-state index contributed by atoms with van der Waals surface area (Å²) in [5, 5.41) is 0. The molecule has 0 aliphatic rings. The second-order valence-electron chi connectivity index (χ2n) is 8.56. The van der Waals surface area contributed by atoms with Crippen molar-refractivity contribution in [3.63, 3.8) is 0 Å². The third-order valence-electron chi connectivity index (χ3n) is 5.87. The molecule has 0 radical (unpaired) electrons. The van der Waals surface area contributed by atoms with Crippen molar-refractivity contribution in [3.8, 4) is 16.9 Å². The SMILES string of the molecule is CCCCCCOC(C)c1ccc(C(=O)Oc2ccc(-c3ccc(CCC)cc3)cc2)cc1. The molecule has 0 aliphatic heterocycles. The first-order valence-electron chi connectivity index (χ1n) is 12.2. The summed E-state index contributed by atoms with van der Waals surface area (Å²) in [4.78, 5) is 12.6. The molecule has 0 amide bonds. The van der Waals surface area contributed by atoms with Crippen molar-refractivity contribution in [2.75, 3.05) is 6.61 Å². The van der Waals surface area contributed by atoms with Gasteiger partial charge in [0.05, 0.1) is 11.7 Å². The molecule has 1 atom stereocenters. The fraction of sp³-hybridized carbons (Fsp3) is 0.367. The van der Waals surface area contributed by atoms with Gasteiger partial charge >= 0.3 is 5.97 Å². The lowest BCUT2D eigenvalue weighted by atomic mass is 10.0. The van der Waals surface area contributed by atoms with Gasteiger partial charge in [0.25, 0.3) is 0 Å². The van der Waals surface area contributed by atoms with E-state index in [9.17, 15) is 4.79 Å². The fourth-order valence-corrected chi connectivity index (χ4v) is 3.81. The van der Waals surface area contributed by atoms with E-state index in [4.69, 9.17) is 9.47 Å². The third kappa shape index (κ3) is 7.57. The number of ether oxygens (including phenoxy) is 2. The molecule has 3 aromatic rings. The predicted molar refractivity (Wildman–Crippen MR) is 136 cm³/mol. The van der Waals surface area contributed by atoms with Crippen LogP contribution in [0.4, 0.5) is 0 Å². The monoisotopic (exact) mass is 444 g/mol. The highest BCUT2D eigenvalue weighted by molar-refractivity contribution is 5.91. The Kier molecular flexibility index (Phi) is 9.71. The third-order valence-corrected chi connectivity index (χ3v) is 5.87. The topological polar surface area (TPSA) is 35.5 Å². The Balaban J connectivity index is 1.53. The Morgan fingerprint density at radius 1 is 0.758 bits per heavy atom. The molecule has 0 N–H and O–H groups in total. The van der Waals surface area contributed by atoms with Crippen LogP contribution in [0.2, 0.25) is 0 Å². The molecule has 0 heterocycles. The van der Waals surface area contributed by atoms with E-state index in [2.05, 4.69) is 38.1 Å². The highest BCUT2D eigenvalue weighted by Crippen LogP contribution is 2.24. The summed E-state index contributed by atoms with van der Waals surface area (Å²) < 4.78 is 11.5. The van der Waals surface area contributed by atoms with E-state index in [1.165, 1.54) is 24.8 Å². The number of rotatable bonds is 12. The van der Waals surface area contributed by atoms with E-state index < -0.39 is 0 Å². The molecule has 0 aliphatic carbocycles. The molecule has 174 valence electrons. The van der Waals surface area contributed by atoms with Gasteiger partial charge < -0.3 is 9.47 Å². The molecule has 1 unspecified atom stereocenters. The van der Waals surface area contributed by atoms with E-state index in [0.29, 0.717) is 11.3 Å². The molecular formula is C30H36O3. The number of hydrogen-bond donors (Lipinski definition) is 0. The lowest BCUT2D eigenvalue weighted by Crippen LogP contribution is -2.09. The Morgan fingerprint density at radius 2 is 1.39 bits per heavy atom. The average molecular weight is 445 g/mol. The second-order valence-corrected chi connectivity index (χ2v) is 8.56. The molecule has 3 aromatic carbocycles. The zero-order valence-corrected chi connectivity index (χ0v) is 20.2. The molecule has 0 saturated heterocycles. The molecule has 3 heteroatoms. The van der Waals surface area contributed by atoms with Crippen LogP contribution in [0.1, 0.15) is 80.5 Å². The smallest absolute Gasteiger partial charge is 0.343 e. The van der Waals surface area contributed by atoms with Crippen molar-refractivity contribution < 1.29 is 14.3 Å². The van der Waals surface area contributed by atoms with Crippen molar-refractivity contribution in [1.82, 2.24) is 0 Å². The molecule has 0 saturated carbocycles. The number of esters is 1. The van der Waals surface area contributed by atoms with E-state index in [0.717, 1.165) is 42.6 Å². The van der Waals surface area contributed by atoms with Crippen LogP contribution in [0.3, 0.4) is 0 Å². The van der Waals surface area contributed by atoms with Gasteiger partial charge in [-0.25, -0.2) is 4.79 Å². The van der Waals surface area contributed by atoms with Crippen molar-refractivity contribution in [3.05, 3.63) is 89.5 Å². The van der Waals surface area contributed by atoms with Gasteiger partial charge in [-0.15, -0.1) is 0 Å². The first kappa shape index (κ1) is 24.7. The average Bonchev–Trinajstić information content (AvgIpc) is 2.85. The van der Waals surface area contributed by atoms with Gasteiger partial charge in [0.15, 0.2) is 0 Å². The number of unbranched alkanes of at least 4 members (excludes halogenated alkanes) is 3. The standard InChI is InChI=1S/C30H36O3/c1-4-6-7-8-22-32-23(3)25-14-16-28(17-15-25)30(31)33-29-20-18-27(19-21-29)26-12-10-24(9-5-2)11-13-26/h10-21,23H,4-9,22H2,1-3H3. The van der Waals surface area contributed by atoms with Crippen LogP contribution < -0.4 is 4.74 Å². The van der Waals surface area contributed by atoms with Crippen LogP contribution >= 0.6 is 0 Å². The van der Waals surface area contributed by atoms with Crippen molar-refractivity contribution in [2.45, 2.75) is 65.4 Å². The van der Waals surface area contributed by atoms with Gasteiger partial charge in [-0.1, -0.05) is 88.1 Å². The van der Waals surface area contributed by atoms with Crippen molar-refractivity contribution >= 4 is 5.97 Å². The summed E-state index contributed by atoms with van der Waals surface area (Å²) in [6, 6.07) is 23.8. The van der Waals surface area contributed by atoms with Crippen LogP contribution in [0.15, 0.2) is 72.8 Å². The quantitative estimate of drug-likeness (QED) is 0.160. The van der Waals surface area contributed by atoms with Gasteiger partial charge in [-0.2, -0.15) is 0 Å². The van der Waals surface area contributed by atoms with E-state index in [1.54, 1.807) is 12.1 Å². The van der Waals surface area contributed by atoms with Gasteiger partial charge in [-0.05, 0) is 66.3 Å². The Bertz CT molecular complexity index is 973. The maximum absolute atomic E-state index is 12.6. The summed E-state index contributed by atoms with van der Waals surface area (Å²) in [7, 11) is 0. The van der Waals surface area contributed by atoms with Crippen LogP contribution in [-0.2, 0) is 11.2 Å². The molecular weight excluding hydrogens is 408 g/mol. The van der Waals surface area contributed by atoms with Crippen molar-refractivity contribution in [1.29, 1.82) is 0 Å². The molecule has 0 aromatic heterocycles. The van der Waals surface area contributed by atoms with E-state index in [1.807, 2.05) is 43.3 Å².